The summed E-state index contributed by atoms with van der Waals surface area (Å²) in [6, 6.07) is 14.2. The molecule has 4 heteroatoms. The second-order valence-electron chi connectivity index (χ2n) is 6.26. The highest BCUT2D eigenvalue weighted by Crippen LogP contribution is 2.16. The molecule has 2 aromatic rings. The first-order valence-corrected chi connectivity index (χ1v) is 8.83. The SMILES string of the molecule is C.C=C/C(=C\N)c1ccc(CC(CF)NCCCc2ccc(F)cc2)cc1. The lowest BCUT2D eigenvalue weighted by molar-refractivity contribution is 0.371. The van der Waals surface area contributed by atoms with Gasteiger partial charge in [-0.05, 0) is 60.2 Å². The van der Waals surface area contributed by atoms with Crippen LogP contribution in [0.5, 0.6) is 0 Å². The quantitative estimate of drug-likeness (QED) is 0.452. The summed E-state index contributed by atoms with van der Waals surface area (Å²) in [4.78, 5) is 0. The Balaban J connectivity index is 0.00000364. The molecule has 0 aliphatic heterocycles. The fourth-order valence-electron chi connectivity index (χ4n) is 2.83. The molecule has 0 saturated heterocycles. The summed E-state index contributed by atoms with van der Waals surface area (Å²) in [6.45, 7) is 4.04. The molecular formula is C23H30F2N2. The molecule has 0 spiro atoms. The van der Waals surface area contributed by atoms with Crippen molar-refractivity contribution in [3.63, 3.8) is 0 Å². The largest absolute Gasteiger partial charge is 0.404 e. The molecule has 0 fully saturated rings. The number of allylic oxidation sites excluding steroid dienone is 2. The average Bonchev–Trinajstić information content (AvgIpc) is 2.67. The topological polar surface area (TPSA) is 38.0 Å². The van der Waals surface area contributed by atoms with Gasteiger partial charge in [0, 0.05) is 12.2 Å². The van der Waals surface area contributed by atoms with Crippen molar-refractivity contribution in [2.45, 2.75) is 32.7 Å². The van der Waals surface area contributed by atoms with Crippen molar-refractivity contribution in [3.05, 3.63) is 89.9 Å². The minimum Gasteiger partial charge on any atom is -0.404 e. The minimum atomic E-state index is -0.418. The van der Waals surface area contributed by atoms with Gasteiger partial charge in [-0.15, -0.1) is 0 Å². The van der Waals surface area contributed by atoms with Gasteiger partial charge in [0.05, 0.1) is 0 Å². The van der Waals surface area contributed by atoms with Crippen LogP contribution in [0.1, 0.15) is 30.5 Å². The second kappa shape index (κ2) is 12.0. The number of nitrogens with two attached hydrogens (primary N) is 1. The normalized spacial score (nSPS) is 12.3. The van der Waals surface area contributed by atoms with E-state index in [4.69, 9.17) is 5.73 Å². The Kier molecular flexibility index (Phi) is 10.1. The van der Waals surface area contributed by atoms with Crippen LogP contribution in [-0.2, 0) is 12.8 Å². The lowest BCUT2D eigenvalue weighted by Gasteiger charge is -2.16. The summed E-state index contributed by atoms with van der Waals surface area (Å²) >= 11 is 0. The summed E-state index contributed by atoms with van der Waals surface area (Å²) in [6.07, 6.45) is 5.59. The maximum Gasteiger partial charge on any atom is 0.123 e. The van der Waals surface area contributed by atoms with Gasteiger partial charge in [-0.25, -0.2) is 8.78 Å². The first kappa shape index (κ1) is 22.6. The van der Waals surface area contributed by atoms with Gasteiger partial charge in [0.1, 0.15) is 12.5 Å². The van der Waals surface area contributed by atoms with Gasteiger partial charge in [-0.1, -0.05) is 56.5 Å². The van der Waals surface area contributed by atoms with E-state index in [2.05, 4.69) is 11.9 Å². The minimum absolute atomic E-state index is 0. The summed E-state index contributed by atoms with van der Waals surface area (Å²) in [5, 5.41) is 3.26. The number of hydrogen-bond donors (Lipinski definition) is 2. The van der Waals surface area contributed by atoms with E-state index in [-0.39, 0.29) is 19.3 Å². The summed E-state index contributed by atoms with van der Waals surface area (Å²) in [5.74, 6) is -0.224. The summed E-state index contributed by atoms with van der Waals surface area (Å²) < 4.78 is 26.2. The van der Waals surface area contributed by atoms with Crippen LogP contribution in [0.2, 0.25) is 0 Å². The van der Waals surface area contributed by atoms with Crippen molar-refractivity contribution in [2.75, 3.05) is 13.2 Å². The summed E-state index contributed by atoms with van der Waals surface area (Å²) in [7, 11) is 0. The first-order chi connectivity index (χ1) is 12.7. The van der Waals surface area contributed by atoms with E-state index in [1.165, 1.54) is 18.3 Å². The second-order valence-corrected chi connectivity index (χ2v) is 6.26. The number of hydrogen-bond acceptors (Lipinski definition) is 2. The predicted molar refractivity (Wildman–Crippen MR) is 112 cm³/mol. The van der Waals surface area contributed by atoms with Gasteiger partial charge < -0.3 is 11.1 Å². The molecule has 0 aromatic heterocycles. The molecule has 3 N–H and O–H groups in total. The maximum atomic E-state index is 13.3. The van der Waals surface area contributed by atoms with Gasteiger partial charge in [0.25, 0.3) is 0 Å². The molecule has 2 nitrogen and oxygen atoms in total. The third-order valence-corrected chi connectivity index (χ3v) is 4.34. The number of alkyl halides is 1. The van der Waals surface area contributed by atoms with Gasteiger partial charge >= 0.3 is 0 Å². The van der Waals surface area contributed by atoms with E-state index in [0.717, 1.165) is 41.6 Å². The van der Waals surface area contributed by atoms with Gasteiger partial charge in [-0.2, -0.15) is 0 Å². The van der Waals surface area contributed by atoms with E-state index in [1.807, 2.05) is 24.3 Å². The first-order valence-electron chi connectivity index (χ1n) is 8.83. The monoisotopic (exact) mass is 372 g/mol. The standard InChI is InChI=1S/C22H26F2N2.CH4/c1-2-19(16-25)20-9-5-18(6-10-20)14-22(15-23)26-13-3-4-17-7-11-21(24)12-8-17;/h2,5-12,16,22,26H,1,3-4,13-15,25H2;1H4/b19-16+;. The highest BCUT2D eigenvalue weighted by molar-refractivity contribution is 5.73. The van der Waals surface area contributed by atoms with E-state index >= 15 is 0 Å². The number of benzene rings is 2. The highest BCUT2D eigenvalue weighted by Gasteiger charge is 2.09. The van der Waals surface area contributed by atoms with Crippen molar-refractivity contribution in [2.24, 2.45) is 5.73 Å². The lowest BCUT2D eigenvalue weighted by atomic mass is 10.0. The molecule has 0 amide bonds. The third-order valence-electron chi connectivity index (χ3n) is 4.34. The smallest absolute Gasteiger partial charge is 0.123 e. The van der Waals surface area contributed by atoms with Gasteiger partial charge in [-0.3, -0.25) is 0 Å². The van der Waals surface area contributed by atoms with Crippen LogP contribution in [0.4, 0.5) is 8.78 Å². The van der Waals surface area contributed by atoms with Gasteiger partial charge in [0.15, 0.2) is 0 Å². The Hall–Kier alpha value is -2.46. The van der Waals surface area contributed by atoms with Crippen LogP contribution in [0, 0.1) is 5.82 Å². The Morgan fingerprint density at radius 3 is 2.26 bits per heavy atom. The Morgan fingerprint density at radius 1 is 1.07 bits per heavy atom. The van der Waals surface area contributed by atoms with Crippen LogP contribution in [-0.4, -0.2) is 19.3 Å². The van der Waals surface area contributed by atoms with E-state index in [0.29, 0.717) is 6.42 Å². The summed E-state index contributed by atoms with van der Waals surface area (Å²) in [5.41, 5.74) is 9.59. The molecule has 1 unspecified atom stereocenters. The molecule has 0 bridgehead atoms. The Labute approximate surface area is 161 Å². The van der Waals surface area contributed by atoms with E-state index < -0.39 is 6.67 Å². The molecule has 0 heterocycles. The van der Waals surface area contributed by atoms with Crippen molar-refractivity contribution in [1.82, 2.24) is 5.32 Å². The zero-order valence-corrected chi connectivity index (χ0v) is 14.9. The van der Waals surface area contributed by atoms with Crippen molar-refractivity contribution in [3.8, 4) is 0 Å². The molecule has 0 aliphatic carbocycles. The third kappa shape index (κ3) is 7.35. The molecule has 2 aromatic carbocycles. The fraction of sp³-hybridized carbons (Fsp3) is 0.304. The maximum absolute atomic E-state index is 13.3. The van der Waals surface area contributed by atoms with Crippen molar-refractivity contribution < 1.29 is 8.78 Å². The average molecular weight is 373 g/mol. The van der Waals surface area contributed by atoms with Crippen LogP contribution >= 0.6 is 0 Å². The molecule has 0 aliphatic rings. The molecular weight excluding hydrogens is 342 g/mol. The Bertz CT molecular complexity index is 706. The number of rotatable bonds is 10. The number of halogens is 2. The van der Waals surface area contributed by atoms with Gasteiger partial charge in [0.2, 0.25) is 0 Å². The zero-order chi connectivity index (χ0) is 18.8. The molecule has 2 rings (SSSR count). The lowest BCUT2D eigenvalue weighted by Crippen LogP contribution is -2.34. The number of nitrogens with one attached hydrogen (secondary N) is 1. The van der Waals surface area contributed by atoms with Crippen molar-refractivity contribution >= 4 is 5.57 Å². The Morgan fingerprint density at radius 2 is 1.70 bits per heavy atom. The van der Waals surface area contributed by atoms with Crippen LogP contribution in [0.25, 0.3) is 5.57 Å². The molecule has 0 saturated carbocycles. The molecule has 1 atom stereocenters. The molecule has 27 heavy (non-hydrogen) atoms. The fourth-order valence-corrected chi connectivity index (χ4v) is 2.83. The van der Waals surface area contributed by atoms with E-state index in [1.54, 1.807) is 18.2 Å². The highest BCUT2D eigenvalue weighted by atomic mass is 19.1. The van der Waals surface area contributed by atoms with Crippen LogP contribution in [0.3, 0.4) is 0 Å². The van der Waals surface area contributed by atoms with Crippen molar-refractivity contribution in [1.29, 1.82) is 0 Å². The predicted octanol–water partition coefficient (Wildman–Crippen LogP) is 5.05. The molecule has 146 valence electrons. The molecule has 0 radical (unpaired) electrons. The van der Waals surface area contributed by atoms with Crippen LogP contribution in [0.15, 0.2) is 67.4 Å². The van der Waals surface area contributed by atoms with Crippen LogP contribution < -0.4 is 11.1 Å². The number of aryl methyl sites for hydroxylation is 1. The zero-order valence-electron chi connectivity index (χ0n) is 14.9. The van der Waals surface area contributed by atoms with E-state index in [9.17, 15) is 8.78 Å².